The largest absolute Gasteiger partial charge is 0.345 e. The second-order valence-electron chi connectivity index (χ2n) is 4.97. The number of hydrogen-bond donors (Lipinski definition) is 2. The summed E-state index contributed by atoms with van der Waals surface area (Å²) in [7, 11) is 0. The number of carbonyl (C=O) groups excluding carboxylic acids is 1. The lowest BCUT2D eigenvalue weighted by Gasteiger charge is -2.17. The van der Waals surface area contributed by atoms with Crippen molar-refractivity contribution >= 4 is 5.91 Å². The first-order chi connectivity index (χ1) is 9.49. The Balaban J connectivity index is 2.22. The van der Waals surface area contributed by atoms with Crippen LogP contribution < -0.4 is 10.9 Å². The summed E-state index contributed by atoms with van der Waals surface area (Å²) in [5.74, 6) is -0.361. The molecular formula is C16H18N2O2. The van der Waals surface area contributed by atoms with E-state index in [9.17, 15) is 9.59 Å². The predicted molar refractivity (Wildman–Crippen MR) is 78.9 cm³/mol. The molecule has 2 N–H and O–H groups in total. The molecule has 2 rings (SSSR count). The van der Waals surface area contributed by atoms with E-state index >= 15 is 0 Å². The van der Waals surface area contributed by atoms with Gasteiger partial charge >= 0.3 is 0 Å². The fourth-order valence-electron chi connectivity index (χ4n) is 2.18. The molecule has 0 fully saturated rings. The highest BCUT2D eigenvalue weighted by molar-refractivity contribution is 5.94. The topological polar surface area (TPSA) is 62.0 Å². The number of amides is 1. The van der Waals surface area contributed by atoms with Crippen LogP contribution in [0.1, 0.15) is 40.0 Å². The lowest BCUT2D eigenvalue weighted by Crippen LogP contribution is -2.31. The van der Waals surface area contributed by atoms with E-state index in [2.05, 4.69) is 16.4 Å². The van der Waals surface area contributed by atoms with Crippen molar-refractivity contribution in [3.63, 3.8) is 0 Å². The summed E-state index contributed by atoms with van der Waals surface area (Å²) < 4.78 is 0. The predicted octanol–water partition coefficient (Wildman–Crippen LogP) is 2.48. The summed E-state index contributed by atoms with van der Waals surface area (Å²) in [6.45, 7) is 5.93. The molecule has 0 spiro atoms. The highest BCUT2D eigenvalue weighted by atomic mass is 16.2. The summed E-state index contributed by atoms with van der Waals surface area (Å²) in [5, 5.41) is 2.86. The van der Waals surface area contributed by atoms with Crippen molar-refractivity contribution in [2.75, 3.05) is 0 Å². The molecule has 1 aromatic carbocycles. The summed E-state index contributed by atoms with van der Waals surface area (Å²) in [4.78, 5) is 26.2. The van der Waals surface area contributed by atoms with Gasteiger partial charge in [0.05, 0.1) is 6.04 Å². The van der Waals surface area contributed by atoms with Crippen LogP contribution in [0, 0.1) is 13.8 Å². The smallest absolute Gasteiger partial charge is 0.260 e. The van der Waals surface area contributed by atoms with Crippen LogP contribution in [0.15, 0.2) is 41.3 Å². The van der Waals surface area contributed by atoms with E-state index in [1.54, 1.807) is 6.07 Å². The van der Waals surface area contributed by atoms with Crippen molar-refractivity contribution in [1.29, 1.82) is 0 Å². The van der Waals surface area contributed by atoms with Gasteiger partial charge in [0.1, 0.15) is 5.56 Å². The van der Waals surface area contributed by atoms with Gasteiger partial charge in [0.2, 0.25) is 0 Å². The van der Waals surface area contributed by atoms with Gasteiger partial charge in [-0.25, -0.2) is 0 Å². The Morgan fingerprint density at radius 1 is 1.25 bits per heavy atom. The molecule has 1 aromatic heterocycles. The third-order valence-corrected chi connectivity index (χ3v) is 3.31. The van der Waals surface area contributed by atoms with E-state index in [4.69, 9.17) is 0 Å². The van der Waals surface area contributed by atoms with Gasteiger partial charge in [0, 0.05) is 6.20 Å². The van der Waals surface area contributed by atoms with Crippen LogP contribution in [0.3, 0.4) is 0 Å². The van der Waals surface area contributed by atoms with E-state index in [1.165, 1.54) is 12.3 Å². The monoisotopic (exact) mass is 270 g/mol. The molecule has 0 aliphatic carbocycles. The number of aromatic amines is 1. The number of carbonyl (C=O) groups is 1. The molecular weight excluding hydrogens is 252 g/mol. The maximum atomic E-state index is 12.1. The highest BCUT2D eigenvalue weighted by Gasteiger charge is 2.15. The Morgan fingerprint density at radius 3 is 2.70 bits per heavy atom. The SMILES string of the molecule is Cc1ccc(C)c(C(C)NC(=O)c2ccc[nH]c2=O)c1. The average molecular weight is 270 g/mol. The maximum absolute atomic E-state index is 12.1. The van der Waals surface area contributed by atoms with Crippen LogP contribution >= 0.6 is 0 Å². The molecule has 0 saturated carbocycles. The van der Waals surface area contributed by atoms with Gasteiger partial charge in [0.15, 0.2) is 0 Å². The zero-order valence-electron chi connectivity index (χ0n) is 11.9. The van der Waals surface area contributed by atoms with Crippen molar-refractivity contribution in [1.82, 2.24) is 10.3 Å². The van der Waals surface area contributed by atoms with E-state index in [0.29, 0.717) is 0 Å². The van der Waals surface area contributed by atoms with Crippen molar-refractivity contribution < 1.29 is 4.79 Å². The van der Waals surface area contributed by atoms with E-state index in [0.717, 1.165) is 16.7 Å². The normalized spacial score (nSPS) is 11.9. The molecule has 4 heteroatoms. The summed E-state index contributed by atoms with van der Waals surface area (Å²) in [6.07, 6.45) is 1.51. The van der Waals surface area contributed by atoms with Gasteiger partial charge in [-0.3, -0.25) is 9.59 Å². The third kappa shape index (κ3) is 2.96. The highest BCUT2D eigenvalue weighted by Crippen LogP contribution is 2.19. The second kappa shape index (κ2) is 5.74. The molecule has 0 bridgehead atoms. The van der Waals surface area contributed by atoms with Crippen LogP contribution in [0.4, 0.5) is 0 Å². The van der Waals surface area contributed by atoms with Gasteiger partial charge in [-0.05, 0) is 44.0 Å². The Bertz CT molecular complexity index is 689. The minimum absolute atomic E-state index is 0.129. The van der Waals surface area contributed by atoms with E-state index < -0.39 is 0 Å². The minimum Gasteiger partial charge on any atom is -0.345 e. The number of pyridine rings is 1. The zero-order valence-corrected chi connectivity index (χ0v) is 11.9. The van der Waals surface area contributed by atoms with Crippen molar-refractivity contribution in [3.05, 3.63) is 69.1 Å². The number of aromatic nitrogens is 1. The zero-order chi connectivity index (χ0) is 14.7. The molecule has 20 heavy (non-hydrogen) atoms. The molecule has 0 radical (unpaired) electrons. The Kier molecular flexibility index (Phi) is 4.03. The van der Waals surface area contributed by atoms with Gasteiger partial charge in [-0.1, -0.05) is 23.8 Å². The fraction of sp³-hybridized carbons (Fsp3) is 0.250. The van der Waals surface area contributed by atoms with E-state index in [-0.39, 0.29) is 23.1 Å². The molecule has 0 saturated heterocycles. The molecule has 1 atom stereocenters. The standard InChI is InChI=1S/C16H18N2O2/c1-10-6-7-11(2)14(9-10)12(3)18-16(20)13-5-4-8-17-15(13)19/h4-9,12H,1-3H3,(H,17,19)(H,18,20). The molecule has 0 aliphatic rings. The quantitative estimate of drug-likeness (QED) is 0.900. The van der Waals surface area contributed by atoms with Crippen LogP contribution in [0.5, 0.6) is 0 Å². The number of rotatable bonds is 3. The number of hydrogen-bond acceptors (Lipinski definition) is 2. The van der Waals surface area contributed by atoms with Crippen molar-refractivity contribution in [3.8, 4) is 0 Å². The number of benzene rings is 1. The summed E-state index contributed by atoms with van der Waals surface area (Å²) >= 11 is 0. The van der Waals surface area contributed by atoms with E-state index in [1.807, 2.05) is 32.9 Å². The number of nitrogens with one attached hydrogen (secondary N) is 2. The average Bonchev–Trinajstić information content (AvgIpc) is 2.41. The molecule has 1 amide bonds. The van der Waals surface area contributed by atoms with Gasteiger partial charge < -0.3 is 10.3 Å². The van der Waals surface area contributed by atoms with Crippen LogP contribution in [0.2, 0.25) is 0 Å². The summed E-state index contributed by atoms with van der Waals surface area (Å²) in [6, 6.07) is 9.12. The molecule has 1 heterocycles. The van der Waals surface area contributed by atoms with Crippen LogP contribution in [-0.2, 0) is 0 Å². The molecule has 4 nitrogen and oxygen atoms in total. The molecule has 104 valence electrons. The second-order valence-corrected chi connectivity index (χ2v) is 4.97. The summed E-state index contributed by atoms with van der Waals surface area (Å²) in [5.41, 5.74) is 3.07. The Hall–Kier alpha value is -2.36. The van der Waals surface area contributed by atoms with Gasteiger partial charge in [-0.15, -0.1) is 0 Å². The van der Waals surface area contributed by atoms with Gasteiger partial charge in [-0.2, -0.15) is 0 Å². The Labute approximate surface area is 117 Å². The van der Waals surface area contributed by atoms with Crippen LogP contribution in [0.25, 0.3) is 0 Å². The first-order valence-electron chi connectivity index (χ1n) is 6.54. The Morgan fingerprint density at radius 2 is 2.00 bits per heavy atom. The molecule has 1 unspecified atom stereocenters. The number of H-pyrrole nitrogens is 1. The molecule has 2 aromatic rings. The lowest BCUT2D eigenvalue weighted by atomic mass is 10.00. The van der Waals surface area contributed by atoms with Crippen LogP contribution in [-0.4, -0.2) is 10.9 Å². The van der Waals surface area contributed by atoms with Crippen molar-refractivity contribution in [2.24, 2.45) is 0 Å². The number of aryl methyl sites for hydroxylation is 2. The van der Waals surface area contributed by atoms with Crippen molar-refractivity contribution in [2.45, 2.75) is 26.8 Å². The maximum Gasteiger partial charge on any atom is 0.260 e. The molecule has 0 aliphatic heterocycles. The first kappa shape index (κ1) is 14.1. The fourth-order valence-corrected chi connectivity index (χ4v) is 2.18. The first-order valence-corrected chi connectivity index (χ1v) is 6.54. The lowest BCUT2D eigenvalue weighted by molar-refractivity contribution is 0.0938. The minimum atomic E-state index is -0.377. The van der Waals surface area contributed by atoms with Gasteiger partial charge in [0.25, 0.3) is 11.5 Å². The third-order valence-electron chi connectivity index (χ3n) is 3.31.